The van der Waals surface area contributed by atoms with Gasteiger partial charge in [0.25, 0.3) is 0 Å². The van der Waals surface area contributed by atoms with E-state index in [-0.39, 0.29) is 24.0 Å². The van der Waals surface area contributed by atoms with Gasteiger partial charge in [-0.25, -0.2) is 14.0 Å². The summed E-state index contributed by atoms with van der Waals surface area (Å²) in [5.41, 5.74) is 10.0. The molecule has 4 heterocycles. The maximum atomic E-state index is 14.9. The fourth-order valence-electron chi connectivity index (χ4n) is 4.16. The number of nitrogens with zero attached hydrogens (tertiary/aromatic N) is 6. The van der Waals surface area contributed by atoms with E-state index >= 15 is 0 Å². The average molecular weight is 444 g/mol. The van der Waals surface area contributed by atoms with Crippen molar-refractivity contribution >= 4 is 29.3 Å². The first-order valence-electron chi connectivity index (χ1n) is 10.1. The Bertz CT molecular complexity index is 1220. The van der Waals surface area contributed by atoms with Gasteiger partial charge < -0.3 is 10.3 Å². The minimum atomic E-state index is -0.205. The Hall–Kier alpha value is -3.04. The Morgan fingerprint density at radius 1 is 1.16 bits per heavy atom. The number of nitrogen functional groups attached to an aromatic ring is 1. The molecule has 8 nitrogen and oxygen atoms in total. The minimum absolute atomic E-state index is 0. The highest BCUT2D eigenvalue weighted by molar-refractivity contribution is 5.94. The summed E-state index contributed by atoms with van der Waals surface area (Å²) in [5.74, 6) is 0.516. The van der Waals surface area contributed by atoms with E-state index < -0.39 is 0 Å². The van der Waals surface area contributed by atoms with Crippen LogP contribution in [0.1, 0.15) is 25.3 Å². The van der Waals surface area contributed by atoms with Crippen LogP contribution in [0.4, 0.5) is 10.2 Å². The highest BCUT2D eigenvalue weighted by atomic mass is 35.5. The molecule has 1 aliphatic rings. The number of aromatic nitrogens is 5. The van der Waals surface area contributed by atoms with Gasteiger partial charge in [0.05, 0.1) is 11.7 Å². The number of hydrogen-bond donors (Lipinski definition) is 1. The molecule has 5 rings (SSSR count). The molecule has 0 amide bonds. The molecule has 3 aromatic heterocycles. The van der Waals surface area contributed by atoms with Gasteiger partial charge in [-0.2, -0.15) is 0 Å². The molecule has 4 aromatic rings. The van der Waals surface area contributed by atoms with E-state index in [0.29, 0.717) is 35.7 Å². The number of hydrogen-bond acceptors (Lipinski definition) is 7. The summed E-state index contributed by atoms with van der Waals surface area (Å²) in [6, 6.07) is 5.40. The molecule has 1 saturated heterocycles. The normalized spacial score (nSPS) is 14.3. The molecule has 1 fully saturated rings. The molecule has 1 aromatic carbocycles. The Balaban J connectivity index is 0.00000231. The number of benzene rings is 1. The minimum Gasteiger partial charge on any atom is -0.379 e. The zero-order valence-corrected chi connectivity index (χ0v) is 17.9. The second-order valence-corrected chi connectivity index (χ2v) is 7.52. The predicted molar refractivity (Wildman–Crippen MR) is 118 cm³/mol. The van der Waals surface area contributed by atoms with Gasteiger partial charge in [-0.05, 0) is 54.8 Å². The highest BCUT2D eigenvalue weighted by Gasteiger charge is 2.21. The Morgan fingerprint density at radius 2 is 1.97 bits per heavy atom. The highest BCUT2D eigenvalue weighted by Crippen LogP contribution is 2.33. The zero-order chi connectivity index (χ0) is 20.7. The molecule has 31 heavy (non-hydrogen) atoms. The van der Waals surface area contributed by atoms with Gasteiger partial charge in [0, 0.05) is 30.4 Å². The lowest BCUT2D eigenvalue weighted by Gasteiger charge is -2.16. The standard InChI is InChI=1S/C21H22FN7O.ClH/c1-2-29-19-15(10-24-11-17(19)25-21(29)18-20(23)27-30-26-18)13-5-6-14(16(22)9-13)12-28-7-3-4-8-28;/h5-6,9-11H,2-4,7-8,12H2,1H3,(H2,23,27);1H. The molecule has 1 aliphatic heterocycles. The van der Waals surface area contributed by atoms with Crippen molar-refractivity contribution in [3.05, 3.63) is 42.0 Å². The SMILES string of the molecule is CCn1c(-c2nonc2N)nc2cncc(-c3ccc(CN4CCCC4)c(F)c3)c21.Cl. The molecule has 0 radical (unpaired) electrons. The number of anilines is 1. The number of aryl methyl sites for hydroxylation is 1. The van der Waals surface area contributed by atoms with Crippen molar-refractivity contribution in [3.8, 4) is 22.6 Å². The quantitative estimate of drug-likeness (QED) is 0.499. The number of likely N-dealkylation sites (tertiary alicyclic amines) is 1. The third kappa shape index (κ3) is 3.75. The third-order valence-corrected chi connectivity index (χ3v) is 5.65. The van der Waals surface area contributed by atoms with Crippen LogP contribution in [0.2, 0.25) is 0 Å². The maximum absolute atomic E-state index is 14.9. The molecule has 0 aliphatic carbocycles. The van der Waals surface area contributed by atoms with Gasteiger partial charge in [-0.3, -0.25) is 9.88 Å². The first-order valence-corrected chi connectivity index (χ1v) is 10.1. The monoisotopic (exact) mass is 443 g/mol. The number of fused-ring (bicyclic) bond motifs is 1. The van der Waals surface area contributed by atoms with E-state index in [4.69, 9.17) is 10.4 Å². The second kappa shape index (κ2) is 8.60. The zero-order valence-electron chi connectivity index (χ0n) is 17.1. The Labute approximate surface area is 184 Å². The van der Waals surface area contributed by atoms with Gasteiger partial charge in [-0.1, -0.05) is 12.1 Å². The van der Waals surface area contributed by atoms with Gasteiger partial charge in [0.2, 0.25) is 0 Å². The lowest BCUT2D eigenvalue weighted by molar-refractivity contribution is 0.310. The van der Waals surface area contributed by atoms with E-state index in [9.17, 15) is 4.39 Å². The smallest absolute Gasteiger partial charge is 0.199 e. The van der Waals surface area contributed by atoms with Crippen LogP contribution in [0.3, 0.4) is 0 Å². The summed E-state index contributed by atoms with van der Waals surface area (Å²) in [4.78, 5) is 11.2. The fourth-order valence-corrected chi connectivity index (χ4v) is 4.16. The molecule has 10 heteroatoms. The van der Waals surface area contributed by atoms with Gasteiger partial charge in [-0.15, -0.1) is 12.4 Å². The number of nitrogens with two attached hydrogens (primary N) is 1. The van der Waals surface area contributed by atoms with E-state index in [1.807, 2.05) is 23.6 Å². The van der Waals surface area contributed by atoms with Crippen LogP contribution < -0.4 is 5.73 Å². The maximum Gasteiger partial charge on any atom is 0.199 e. The molecule has 0 unspecified atom stereocenters. The van der Waals surface area contributed by atoms with Crippen LogP contribution in [0.15, 0.2) is 35.2 Å². The lowest BCUT2D eigenvalue weighted by Crippen LogP contribution is -2.19. The van der Waals surface area contributed by atoms with Crippen LogP contribution in [0, 0.1) is 5.82 Å². The van der Waals surface area contributed by atoms with Crippen molar-refractivity contribution in [1.82, 2.24) is 29.7 Å². The average Bonchev–Trinajstić information content (AvgIpc) is 3.48. The van der Waals surface area contributed by atoms with Crippen LogP contribution >= 0.6 is 12.4 Å². The number of pyridine rings is 1. The first-order chi connectivity index (χ1) is 14.7. The molecular weight excluding hydrogens is 421 g/mol. The largest absolute Gasteiger partial charge is 0.379 e. The number of halogens is 2. The molecule has 0 atom stereocenters. The van der Waals surface area contributed by atoms with Gasteiger partial charge in [0.1, 0.15) is 11.3 Å². The van der Waals surface area contributed by atoms with Crippen LogP contribution in [-0.4, -0.2) is 42.8 Å². The summed E-state index contributed by atoms with van der Waals surface area (Å²) < 4.78 is 21.7. The van der Waals surface area contributed by atoms with Crippen molar-refractivity contribution in [1.29, 1.82) is 0 Å². The van der Waals surface area contributed by atoms with Crippen molar-refractivity contribution in [3.63, 3.8) is 0 Å². The summed E-state index contributed by atoms with van der Waals surface area (Å²) in [5, 5.41) is 7.54. The summed E-state index contributed by atoms with van der Waals surface area (Å²) in [6.07, 6.45) is 5.78. The van der Waals surface area contributed by atoms with E-state index in [2.05, 4.69) is 25.2 Å². The van der Waals surface area contributed by atoms with Gasteiger partial charge in [0.15, 0.2) is 17.3 Å². The Kier molecular flexibility index (Phi) is 5.88. The van der Waals surface area contributed by atoms with Gasteiger partial charge >= 0.3 is 0 Å². The third-order valence-electron chi connectivity index (χ3n) is 5.65. The molecule has 0 saturated carbocycles. The summed E-state index contributed by atoms with van der Waals surface area (Å²) in [7, 11) is 0. The number of imidazole rings is 1. The van der Waals surface area contributed by atoms with E-state index in [0.717, 1.165) is 29.7 Å². The second-order valence-electron chi connectivity index (χ2n) is 7.52. The molecule has 0 spiro atoms. The first kappa shape index (κ1) is 21.2. The van der Waals surface area contributed by atoms with Crippen LogP contribution in [0.5, 0.6) is 0 Å². The molecule has 162 valence electrons. The number of rotatable bonds is 5. The molecule has 0 bridgehead atoms. The van der Waals surface area contributed by atoms with Crippen molar-refractivity contribution in [2.45, 2.75) is 32.9 Å². The Morgan fingerprint density at radius 3 is 2.65 bits per heavy atom. The molecular formula is C21H23ClFN7O. The van der Waals surface area contributed by atoms with Crippen LogP contribution in [-0.2, 0) is 13.1 Å². The van der Waals surface area contributed by atoms with E-state index in [1.165, 1.54) is 12.8 Å². The molecule has 2 N–H and O–H groups in total. The topological polar surface area (TPSA) is 98.9 Å². The van der Waals surface area contributed by atoms with Crippen molar-refractivity contribution in [2.24, 2.45) is 0 Å². The van der Waals surface area contributed by atoms with Crippen LogP contribution in [0.25, 0.3) is 33.7 Å². The van der Waals surface area contributed by atoms with E-state index in [1.54, 1.807) is 18.5 Å². The van der Waals surface area contributed by atoms with Crippen molar-refractivity contribution < 1.29 is 9.02 Å². The van der Waals surface area contributed by atoms with Crippen molar-refractivity contribution in [2.75, 3.05) is 18.8 Å². The summed E-state index contributed by atoms with van der Waals surface area (Å²) >= 11 is 0. The fraction of sp³-hybridized carbons (Fsp3) is 0.333. The summed E-state index contributed by atoms with van der Waals surface area (Å²) in [6.45, 7) is 5.32. The lowest BCUT2D eigenvalue weighted by atomic mass is 10.0. The predicted octanol–water partition coefficient (Wildman–Crippen LogP) is 3.91.